The molecule has 0 atom stereocenters. The largest absolute Gasteiger partial charge is 0.417 e. The van der Waals surface area contributed by atoms with E-state index in [1.54, 1.807) is 0 Å². The molecule has 0 aliphatic rings. The molecule has 0 amide bonds. The molecule has 126 valence electrons. The van der Waals surface area contributed by atoms with Gasteiger partial charge in [0.2, 0.25) is 0 Å². The van der Waals surface area contributed by atoms with Crippen molar-refractivity contribution in [2.75, 3.05) is 0 Å². The molecule has 1 aromatic carbocycles. The van der Waals surface area contributed by atoms with Crippen molar-refractivity contribution < 1.29 is 26.3 Å². The maximum absolute atomic E-state index is 13.1. The van der Waals surface area contributed by atoms with Crippen LogP contribution in [0.4, 0.5) is 26.3 Å². The first kappa shape index (κ1) is 17.6. The van der Waals surface area contributed by atoms with Gasteiger partial charge in [0.15, 0.2) is 0 Å². The standard InChI is InChI=1S/C15H8F6N2O/c16-14(17,18)8-23-12(9-4-2-1-3-5-9)6-11(15(19,20)21)10(7-22)13(23)24/h1-6H,8H2. The highest BCUT2D eigenvalue weighted by Gasteiger charge is 2.38. The van der Waals surface area contributed by atoms with Crippen LogP contribution in [0.2, 0.25) is 0 Å². The smallest absolute Gasteiger partial charge is 0.298 e. The topological polar surface area (TPSA) is 45.8 Å². The molecule has 1 heterocycles. The molecule has 0 fully saturated rings. The number of halogens is 6. The van der Waals surface area contributed by atoms with E-state index in [-0.39, 0.29) is 10.1 Å². The summed E-state index contributed by atoms with van der Waals surface area (Å²) in [7, 11) is 0. The molecular weight excluding hydrogens is 338 g/mol. The third kappa shape index (κ3) is 3.59. The molecule has 2 aromatic rings. The lowest BCUT2D eigenvalue weighted by Crippen LogP contribution is -2.33. The Labute approximate surface area is 131 Å². The summed E-state index contributed by atoms with van der Waals surface area (Å²) in [6, 6.07) is 8.32. The molecule has 0 aliphatic carbocycles. The molecule has 0 saturated heterocycles. The van der Waals surface area contributed by atoms with Gasteiger partial charge in [0.05, 0.1) is 11.3 Å². The van der Waals surface area contributed by atoms with E-state index < -0.39 is 41.3 Å². The zero-order valence-electron chi connectivity index (χ0n) is 11.7. The van der Waals surface area contributed by atoms with Crippen molar-refractivity contribution in [2.45, 2.75) is 18.9 Å². The fourth-order valence-electron chi connectivity index (χ4n) is 2.16. The van der Waals surface area contributed by atoms with E-state index in [2.05, 4.69) is 0 Å². The summed E-state index contributed by atoms with van der Waals surface area (Å²) >= 11 is 0. The Morgan fingerprint density at radius 2 is 1.62 bits per heavy atom. The van der Waals surface area contributed by atoms with Gasteiger partial charge in [-0.1, -0.05) is 30.3 Å². The van der Waals surface area contributed by atoms with E-state index in [1.165, 1.54) is 30.3 Å². The van der Waals surface area contributed by atoms with Crippen LogP contribution < -0.4 is 5.56 Å². The highest BCUT2D eigenvalue weighted by molar-refractivity contribution is 5.62. The van der Waals surface area contributed by atoms with Crippen LogP contribution in [0.25, 0.3) is 11.3 Å². The predicted octanol–water partition coefficient (Wildman–Crippen LogP) is 3.97. The number of nitriles is 1. The summed E-state index contributed by atoms with van der Waals surface area (Å²) in [5, 5.41) is 8.80. The Kier molecular flexibility index (Phi) is 4.42. The van der Waals surface area contributed by atoms with Crippen molar-refractivity contribution in [3.8, 4) is 17.3 Å². The minimum absolute atomic E-state index is 0.00570. The fourth-order valence-corrected chi connectivity index (χ4v) is 2.16. The summed E-state index contributed by atoms with van der Waals surface area (Å²) in [5.74, 6) is 0. The Balaban J connectivity index is 2.88. The fraction of sp³-hybridized carbons (Fsp3) is 0.200. The van der Waals surface area contributed by atoms with Crippen LogP contribution in [-0.2, 0) is 12.7 Å². The highest BCUT2D eigenvalue weighted by atomic mass is 19.4. The van der Waals surface area contributed by atoms with Crippen molar-refractivity contribution in [1.82, 2.24) is 4.57 Å². The van der Waals surface area contributed by atoms with E-state index in [0.29, 0.717) is 6.07 Å². The number of hydrogen-bond donors (Lipinski definition) is 0. The normalized spacial score (nSPS) is 12.0. The summed E-state index contributed by atoms with van der Waals surface area (Å²) in [5.41, 5.74) is -5.14. The predicted molar refractivity (Wildman–Crippen MR) is 71.9 cm³/mol. The van der Waals surface area contributed by atoms with E-state index in [1.807, 2.05) is 0 Å². The average molecular weight is 346 g/mol. The van der Waals surface area contributed by atoms with Crippen molar-refractivity contribution in [3.63, 3.8) is 0 Å². The lowest BCUT2D eigenvalue weighted by atomic mass is 10.0. The van der Waals surface area contributed by atoms with Gasteiger partial charge in [-0.2, -0.15) is 31.6 Å². The summed E-state index contributed by atoms with van der Waals surface area (Å²) in [6.45, 7) is -1.80. The molecule has 24 heavy (non-hydrogen) atoms. The average Bonchev–Trinajstić information content (AvgIpc) is 2.47. The first-order valence-corrected chi connectivity index (χ1v) is 6.42. The Hall–Kier alpha value is -2.76. The van der Waals surface area contributed by atoms with Crippen LogP contribution in [0.15, 0.2) is 41.2 Å². The number of nitrogens with zero attached hydrogens (tertiary/aromatic N) is 2. The van der Waals surface area contributed by atoms with Gasteiger partial charge in [-0.25, -0.2) is 0 Å². The van der Waals surface area contributed by atoms with Gasteiger partial charge in [-0.3, -0.25) is 9.36 Å². The van der Waals surface area contributed by atoms with E-state index in [4.69, 9.17) is 5.26 Å². The third-order valence-corrected chi connectivity index (χ3v) is 3.12. The van der Waals surface area contributed by atoms with Gasteiger partial charge in [-0.15, -0.1) is 0 Å². The highest BCUT2D eigenvalue weighted by Crippen LogP contribution is 2.34. The molecule has 0 bridgehead atoms. The van der Waals surface area contributed by atoms with Gasteiger partial charge in [0.1, 0.15) is 18.2 Å². The zero-order chi connectivity index (χ0) is 18.1. The number of aromatic nitrogens is 1. The zero-order valence-corrected chi connectivity index (χ0v) is 11.7. The summed E-state index contributed by atoms with van der Waals surface area (Å²) in [4.78, 5) is 12.1. The van der Waals surface area contributed by atoms with Crippen LogP contribution in [-0.4, -0.2) is 10.7 Å². The number of benzene rings is 1. The lowest BCUT2D eigenvalue weighted by molar-refractivity contribution is -0.141. The molecule has 0 radical (unpaired) electrons. The third-order valence-electron chi connectivity index (χ3n) is 3.12. The molecule has 0 aliphatic heterocycles. The summed E-state index contributed by atoms with van der Waals surface area (Å²) < 4.78 is 77.5. The minimum Gasteiger partial charge on any atom is -0.298 e. The molecule has 0 saturated carbocycles. The van der Waals surface area contributed by atoms with Gasteiger partial charge in [0.25, 0.3) is 5.56 Å². The molecule has 0 spiro atoms. The van der Waals surface area contributed by atoms with E-state index in [0.717, 1.165) is 6.07 Å². The maximum atomic E-state index is 13.1. The molecule has 9 heteroatoms. The summed E-state index contributed by atoms with van der Waals surface area (Å²) in [6.07, 6.45) is -9.90. The Morgan fingerprint density at radius 3 is 2.08 bits per heavy atom. The second-order valence-corrected chi connectivity index (χ2v) is 4.80. The van der Waals surface area contributed by atoms with Gasteiger partial charge >= 0.3 is 12.4 Å². The number of alkyl halides is 6. The van der Waals surface area contributed by atoms with Crippen LogP contribution in [0, 0.1) is 11.3 Å². The first-order valence-electron chi connectivity index (χ1n) is 6.42. The van der Waals surface area contributed by atoms with Gasteiger partial charge in [0, 0.05) is 0 Å². The van der Waals surface area contributed by atoms with Crippen LogP contribution in [0.1, 0.15) is 11.1 Å². The van der Waals surface area contributed by atoms with E-state index in [9.17, 15) is 31.1 Å². The van der Waals surface area contributed by atoms with Crippen molar-refractivity contribution in [2.24, 2.45) is 0 Å². The molecule has 0 unspecified atom stereocenters. The molecular formula is C15H8F6N2O. The molecule has 0 N–H and O–H groups in total. The molecule has 1 aromatic heterocycles. The van der Waals surface area contributed by atoms with E-state index >= 15 is 0 Å². The molecule has 3 nitrogen and oxygen atoms in total. The first-order chi connectivity index (χ1) is 11.0. The van der Waals surface area contributed by atoms with Crippen molar-refractivity contribution >= 4 is 0 Å². The van der Waals surface area contributed by atoms with Gasteiger partial charge < -0.3 is 0 Å². The van der Waals surface area contributed by atoms with Crippen LogP contribution in [0.3, 0.4) is 0 Å². The van der Waals surface area contributed by atoms with Crippen molar-refractivity contribution in [3.05, 3.63) is 57.9 Å². The molecule has 2 rings (SSSR count). The van der Waals surface area contributed by atoms with Crippen LogP contribution in [0.5, 0.6) is 0 Å². The van der Waals surface area contributed by atoms with Crippen molar-refractivity contribution in [1.29, 1.82) is 5.26 Å². The number of hydrogen-bond acceptors (Lipinski definition) is 2. The second-order valence-electron chi connectivity index (χ2n) is 4.80. The SMILES string of the molecule is N#Cc1c(C(F)(F)F)cc(-c2ccccc2)n(CC(F)(F)F)c1=O. The lowest BCUT2D eigenvalue weighted by Gasteiger charge is -2.18. The minimum atomic E-state index is -5.05. The monoisotopic (exact) mass is 346 g/mol. The van der Waals surface area contributed by atoms with Crippen LogP contribution >= 0.6 is 0 Å². The second kappa shape index (κ2) is 6.03. The maximum Gasteiger partial charge on any atom is 0.417 e. The number of rotatable bonds is 2. The quantitative estimate of drug-likeness (QED) is 0.773. The Morgan fingerprint density at radius 1 is 1.04 bits per heavy atom. The number of pyridine rings is 1. The van der Waals surface area contributed by atoms with Gasteiger partial charge in [-0.05, 0) is 11.6 Å². The Bertz CT molecular complexity index is 844.